The van der Waals surface area contributed by atoms with Gasteiger partial charge in [-0.2, -0.15) is 0 Å². The molecule has 7 heteroatoms. The number of hydrogen-bond acceptors (Lipinski definition) is 4. The third kappa shape index (κ3) is 4.19. The first kappa shape index (κ1) is 21.4. The number of hydrogen-bond donors (Lipinski definition) is 1. The molecule has 31 heavy (non-hydrogen) atoms. The molecule has 2 amide bonds. The number of benzene rings is 2. The van der Waals surface area contributed by atoms with Crippen LogP contribution in [0.15, 0.2) is 60.7 Å². The highest BCUT2D eigenvalue weighted by Gasteiger charge is 2.59. The van der Waals surface area contributed by atoms with Crippen LogP contribution in [0.5, 0.6) is 0 Å². The minimum absolute atomic E-state index is 0.0218. The van der Waals surface area contributed by atoms with Gasteiger partial charge in [-0.3, -0.25) is 14.5 Å². The number of ketones is 1. The lowest BCUT2D eigenvalue weighted by atomic mass is 9.95. The highest BCUT2D eigenvalue weighted by Crippen LogP contribution is 2.51. The van der Waals surface area contributed by atoms with E-state index in [0.717, 1.165) is 11.1 Å². The van der Waals surface area contributed by atoms with Crippen molar-refractivity contribution in [1.29, 1.82) is 0 Å². The Morgan fingerprint density at radius 3 is 2.32 bits per heavy atom. The number of Topliss-reactive ketones (excluding diaryl/α,β-unsaturated/α-hetero) is 1. The van der Waals surface area contributed by atoms with Gasteiger partial charge >= 0.3 is 12.0 Å². The van der Waals surface area contributed by atoms with Crippen molar-refractivity contribution in [2.24, 2.45) is 0 Å². The van der Waals surface area contributed by atoms with E-state index in [0.29, 0.717) is 31.7 Å². The monoisotopic (exact) mass is 438 g/mol. The number of carbonyl (C=O) groups is 3. The molecule has 2 aromatic rings. The maximum Gasteiger partial charge on any atom is 0.322 e. The fourth-order valence-corrected chi connectivity index (χ4v) is 6.08. The third-order valence-electron chi connectivity index (χ3n) is 5.90. The molecule has 0 unspecified atom stereocenters. The van der Waals surface area contributed by atoms with Crippen molar-refractivity contribution >= 4 is 29.5 Å². The Kier molecular flexibility index (Phi) is 6.32. The summed E-state index contributed by atoms with van der Waals surface area (Å²) < 4.78 is 0. The molecule has 0 aromatic heterocycles. The maximum absolute atomic E-state index is 13.6. The van der Waals surface area contributed by atoms with Gasteiger partial charge in [-0.05, 0) is 24.0 Å². The standard InChI is InChI=1S/C24H26N2O4S/c27-21(13-7-8-14-22(28)29)24(19-11-5-2-6-12-19)26-20(17-31-24)16-25(23(26)30)15-18-9-3-1-4-10-18/h1-6,9-12,20H,7-8,13-17H2,(H,28,29)/t20-,24+/m1/s1. The molecular weight excluding hydrogens is 412 g/mol. The molecule has 0 saturated carbocycles. The molecule has 4 rings (SSSR count). The van der Waals surface area contributed by atoms with E-state index in [4.69, 9.17) is 5.11 Å². The molecule has 2 atom stereocenters. The number of thioether (sulfide) groups is 1. The van der Waals surface area contributed by atoms with Gasteiger partial charge in [0.05, 0.1) is 6.04 Å². The van der Waals surface area contributed by atoms with Gasteiger partial charge < -0.3 is 10.0 Å². The number of fused-ring (bicyclic) bond motifs is 1. The van der Waals surface area contributed by atoms with Crippen LogP contribution in [0.1, 0.15) is 36.8 Å². The van der Waals surface area contributed by atoms with E-state index in [-0.39, 0.29) is 30.7 Å². The number of amides is 2. The number of carbonyl (C=O) groups excluding carboxylic acids is 2. The van der Waals surface area contributed by atoms with E-state index in [1.54, 1.807) is 4.90 Å². The summed E-state index contributed by atoms with van der Waals surface area (Å²) in [6, 6.07) is 19.3. The van der Waals surface area contributed by atoms with Crippen LogP contribution in [0, 0.1) is 0 Å². The van der Waals surface area contributed by atoms with Crippen LogP contribution in [0.3, 0.4) is 0 Å². The van der Waals surface area contributed by atoms with Gasteiger partial charge in [0.1, 0.15) is 0 Å². The van der Waals surface area contributed by atoms with Gasteiger partial charge in [-0.25, -0.2) is 4.79 Å². The van der Waals surface area contributed by atoms with Gasteiger partial charge in [0, 0.05) is 31.7 Å². The van der Waals surface area contributed by atoms with E-state index in [1.165, 1.54) is 11.8 Å². The van der Waals surface area contributed by atoms with Crippen LogP contribution in [0.4, 0.5) is 4.79 Å². The van der Waals surface area contributed by atoms with Crippen LogP contribution in [0.2, 0.25) is 0 Å². The second kappa shape index (κ2) is 9.14. The molecule has 2 fully saturated rings. The highest BCUT2D eigenvalue weighted by molar-refractivity contribution is 8.01. The van der Waals surface area contributed by atoms with E-state index in [9.17, 15) is 14.4 Å². The second-order valence-corrected chi connectivity index (χ2v) is 9.23. The van der Waals surface area contributed by atoms with Crippen molar-refractivity contribution in [2.75, 3.05) is 12.3 Å². The summed E-state index contributed by atoms with van der Waals surface area (Å²) in [5.74, 6) is -0.175. The number of carboxylic acids is 1. The lowest BCUT2D eigenvalue weighted by Gasteiger charge is -2.36. The molecule has 162 valence electrons. The summed E-state index contributed by atoms with van der Waals surface area (Å²) in [6.07, 6.45) is 1.26. The van der Waals surface area contributed by atoms with E-state index in [1.807, 2.05) is 65.6 Å². The molecular formula is C24H26N2O4S. The molecule has 0 aliphatic carbocycles. The average molecular weight is 439 g/mol. The van der Waals surface area contributed by atoms with Gasteiger partial charge in [-0.1, -0.05) is 60.7 Å². The predicted molar refractivity (Wildman–Crippen MR) is 120 cm³/mol. The Hall–Kier alpha value is -2.80. The topological polar surface area (TPSA) is 77.9 Å². The fourth-order valence-electron chi connectivity index (χ4n) is 4.46. The molecule has 0 bridgehead atoms. The van der Waals surface area contributed by atoms with Crippen molar-refractivity contribution in [3.8, 4) is 0 Å². The number of urea groups is 1. The summed E-state index contributed by atoms with van der Waals surface area (Å²) in [5, 5.41) is 8.88. The average Bonchev–Trinajstić information content (AvgIpc) is 3.31. The number of carboxylic acid groups (broad SMARTS) is 1. The zero-order valence-electron chi connectivity index (χ0n) is 17.3. The van der Waals surface area contributed by atoms with Crippen molar-refractivity contribution in [3.63, 3.8) is 0 Å². The molecule has 2 saturated heterocycles. The second-order valence-electron chi connectivity index (χ2n) is 8.02. The third-order valence-corrected chi connectivity index (χ3v) is 7.53. The summed E-state index contributed by atoms with van der Waals surface area (Å²) in [4.78, 5) is 40.5. The predicted octanol–water partition coefficient (Wildman–Crippen LogP) is 4.11. The largest absolute Gasteiger partial charge is 0.481 e. The Morgan fingerprint density at radius 2 is 1.65 bits per heavy atom. The molecule has 2 aromatic carbocycles. The molecule has 2 aliphatic heterocycles. The number of unbranched alkanes of at least 4 members (excludes halogenated alkanes) is 1. The van der Waals surface area contributed by atoms with Crippen LogP contribution >= 0.6 is 11.8 Å². The van der Waals surface area contributed by atoms with Gasteiger partial charge in [0.15, 0.2) is 10.7 Å². The molecule has 0 radical (unpaired) electrons. The minimum atomic E-state index is -1.04. The Bertz CT molecular complexity index is 953. The minimum Gasteiger partial charge on any atom is -0.481 e. The zero-order valence-corrected chi connectivity index (χ0v) is 18.1. The fraction of sp³-hybridized carbons (Fsp3) is 0.375. The van der Waals surface area contributed by atoms with E-state index >= 15 is 0 Å². The van der Waals surface area contributed by atoms with Crippen molar-refractivity contribution in [3.05, 3.63) is 71.8 Å². The van der Waals surface area contributed by atoms with E-state index in [2.05, 4.69) is 0 Å². The van der Waals surface area contributed by atoms with Gasteiger partial charge in [0.2, 0.25) is 0 Å². The van der Waals surface area contributed by atoms with Crippen LogP contribution in [-0.4, -0.2) is 51.0 Å². The number of rotatable bonds is 9. The van der Waals surface area contributed by atoms with Gasteiger partial charge in [-0.15, -0.1) is 11.8 Å². The molecule has 2 aliphatic rings. The van der Waals surface area contributed by atoms with Crippen LogP contribution in [-0.2, 0) is 21.0 Å². The highest BCUT2D eigenvalue weighted by atomic mass is 32.2. The lowest BCUT2D eigenvalue weighted by molar-refractivity contribution is -0.137. The van der Waals surface area contributed by atoms with Crippen molar-refractivity contribution in [1.82, 2.24) is 9.80 Å². The normalized spacial score (nSPS) is 22.6. The maximum atomic E-state index is 13.6. The zero-order chi connectivity index (χ0) is 21.8. The first-order chi connectivity index (χ1) is 15.0. The molecule has 6 nitrogen and oxygen atoms in total. The number of aliphatic carboxylic acids is 1. The summed E-state index contributed by atoms with van der Waals surface area (Å²) >= 11 is 1.53. The smallest absolute Gasteiger partial charge is 0.322 e. The first-order valence-corrected chi connectivity index (χ1v) is 11.6. The Balaban J connectivity index is 1.59. The van der Waals surface area contributed by atoms with Crippen molar-refractivity contribution < 1.29 is 19.5 Å². The van der Waals surface area contributed by atoms with Gasteiger partial charge in [0.25, 0.3) is 0 Å². The van der Waals surface area contributed by atoms with Crippen LogP contribution in [0.25, 0.3) is 0 Å². The van der Waals surface area contributed by atoms with Crippen molar-refractivity contribution in [2.45, 2.75) is 43.1 Å². The summed E-state index contributed by atoms with van der Waals surface area (Å²) in [7, 11) is 0. The quantitative estimate of drug-likeness (QED) is 0.596. The number of nitrogens with zero attached hydrogens (tertiary/aromatic N) is 2. The Morgan fingerprint density at radius 1 is 1.00 bits per heavy atom. The summed E-state index contributed by atoms with van der Waals surface area (Å²) in [6.45, 7) is 1.12. The molecule has 2 heterocycles. The lowest BCUT2D eigenvalue weighted by Crippen LogP contribution is -2.50. The SMILES string of the molecule is O=C(O)CCCCC(=O)[C@]1(c2ccccc2)SC[C@H]2CN(Cc3ccccc3)C(=O)N21. The molecule has 0 spiro atoms. The first-order valence-electron chi connectivity index (χ1n) is 10.6. The molecule has 1 N–H and O–H groups in total. The van der Waals surface area contributed by atoms with Crippen LogP contribution < -0.4 is 0 Å². The summed E-state index contributed by atoms with van der Waals surface area (Å²) in [5.41, 5.74) is 1.88. The van der Waals surface area contributed by atoms with E-state index < -0.39 is 10.8 Å². The Labute approximate surface area is 186 Å².